The Hall–Kier alpha value is -0.430. The van der Waals surface area contributed by atoms with E-state index < -0.39 is 9.84 Å². The first-order valence-electron chi connectivity index (χ1n) is 6.43. The van der Waals surface area contributed by atoms with Crippen LogP contribution in [0.4, 0.5) is 0 Å². The van der Waals surface area contributed by atoms with Crippen LogP contribution in [-0.4, -0.2) is 44.7 Å². The van der Waals surface area contributed by atoms with Gasteiger partial charge in [-0.3, -0.25) is 0 Å². The van der Waals surface area contributed by atoms with Crippen molar-refractivity contribution in [3.05, 3.63) is 28.7 Å². The average Bonchev–Trinajstić information content (AvgIpc) is 2.37. The summed E-state index contributed by atoms with van der Waals surface area (Å²) in [4.78, 5) is 2.53. The summed E-state index contributed by atoms with van der Waals surface area (Å²) in [5, 5.41) is 0. The van der Waals surface area contributed by atoms with Gasteiger partial charge in [0.05, 0.1) is 10.6 Å². The van der Waals surface area contributed by atoms with Crippen LogP contribution >= 0.6 is 15.9 Å². The highest BCUT2D eigenvalue weighted by molar-refractivity contribution is 9.10. The van der Waals surface area contributed by atoms with Gasteiger partial charge in [0, 0.05) is 23.6 Å². The van der Waals surface area contributed by atoms with E-state index in [1.165, 1.54) is 0 Å². The Morgan fingerprint density at radius 1 is 1.32 bits per heavy atom. The van der Waals surface area contributed by atoms with Crippen molar-refractivity contribution in [2.75, 3.05) is 25.4 Å². The molecule has 0 bridgehead atoms. The van der Waals surface area contributed by atoms with Crippen LogP contribution < -0.4 is 5.73 Å². The molecule has 2 N–H and O–H groups in total. The van der Waals surface area contributed by atoms with Gasteiger partial charge in [-0.15, -0.1) is 0 Å². The molecule has 1 unspecified atom stereocenters. The highest BCUT2D eigenvalue weighted by Gasteiger charge is 2.20. The normalized spacial score (nSPS) is 21.5. The largest absolute Gasteiger partial charge is 0.327 e. The van der Waals surface area contributed by atoms with Crippen molar-refractivity contribution in [1.82, 2.24) is 4.90 Å². The van der Waals surface area contributed by atoms with E-state index in [0.29, 0.717) is 11.4 Å². The maximum Gasteiger partial charge on any atom is 0.179 e. The third-order valence-electron chi connectivity index (χ3n) is 3.39. The fourth-order valence-corrected chi connectivity index (χ4v) is 3.85. The topological polar surface area (TPSA) is 63.4 Å². The monoisotopic (exact) mass is 346 g/mol. The van der Waals surface area contributed by atoms with Crippen molar-refractivity contribution >= 4 is 25.8 Å². The minimum atomic E-state index is -3.20. The quantitative estimate of drug-likeness (QED) is 0.900. The zero-order chi connectivity index (χ0) is 13.9. The van der Waals surface area contributed by atoms with Crippen molar-refractivity contribution < 1.29 is 8.42 Å². The van der Waals surface area contributed by atoms with Crippen LogP contribution in [0.5, 0.6) is 0 Å². The lowest BCUT2D eigenvalue weighted by molar-refractivity contribution is 0.220. The third kappa shape index (κ3) is 4.27. The Morgan fingerprint density at radius 2 is 2.00 bits per heavy atom. The van der Waals surface area contributed by atoms with E-state index in [-0.39, 0.29) is 11.8 Å². The second-order valence-electron chi connectivity index (χ2n) is 4.98. The van der Waals surface area contributed by atoms with Crippen LogP contribution in [0, 0.1) is 0 Å². The van der Waals surface area contributed by atoms with Gasteiger partial charge in [0.15, 0.2) is 9.84 Å². The summed E-state index contributed by atoms with van der Waals surface area (Å²) in [6.45, 7) is 2.31. The molecule has 1 aliphatic heterocycles. The number of nitrogens with two attached hydrogens (primary N) is 1. The number of benzene rings is 1. The fraction of sp³-hybridized carbons (Fsp3) is 0.538. The first kappa shape index (κ1) is 15.0. The maximum absolute atomic E-state index is 12.2. The molecule has 0 spiro atoms. The minimum absolute atomic E-state index is 0.154. The molecule has 0 aromatic heterocycles. The molecule has 0 amide bonds. The number of rotatable bonds is 4. The molecule has 1 saturated heterocycles. The molecule has 0 saturated carbocycles. The van der Waals surface area contributed by atoms with Crippen molar-refractivity contribution in [3.8, 4) is 0 Å². The number of sulfone groups is 1. The lowest BCUT2D eigenvalue weighted by Crippen LogP contribution is -2.44. The molecule has 106 valence electrons. The van der Waals surface area contributed by atoms with E-state index in [4.69, 9.17) is 5.73 Å². The van der Waals surface area contributed by atoms with E-state index in [1.54, 1.807) is 24.3 Å². The number of halogens is 1. The van der Waals surface area contributed by atoms with Crippen LogP contribution in [0.25, 0.3) is 0 Å². The Morgan fingerprint density at radius 3 is 2.63 bits per heavy atom. The van der Waals surface area contributed by atoms with Gasteiger partial charge < -0.3 is 10.6 Å². The SMILES string of the molecule is NC1CCCN(CCS(=O)(=O)c2ccc(Br)cc2)C1. The average molecular weight is 347 g/mol. The van der Waals surface area contributed by atoms with E-state index >= 15 is 0 Å². The molecule has 0 radical (unpaired) electrons. The van der Waals surface area contributed by atoms with Crippen molar-refractivity contribution in [2.24, 2.45) is 5.73 Å². The van der Waals surface area contributed by atoms with Crippen LogP contribution in [0.1, 0.15) is 12.8 Å². The third-order valence-corrected chi connectivity index (χ3v) is 5.63. The summed E-state index contributed by atoms with van der Waals surface area (Å²) >= 11 is 3.30. The molecular formula is C13H19BrN2O2S. The van der Waals surface area contributed by atoms with Gasteiger partial charge in [0.25, 0.3) is 0 Å². The summed E-state index contributed by atoms with van der Waals surface area (Å²) in [6, 6.07) is 6.97. The number of nitrogens with zero attached hydrogens (tertiary/aromatic N) is 1. The predicted molar refractivity (Wildman–Crippen MR) is 79.8 cm³/mol. The molecular weight excluding hydrogens is 328 g/mol. The molecule has 1 heterocycles. The lowest BCUT2D eigenvalue weighted by atomic mass is 10.1. The van der Waals surface area contributed by atoms with Crippen LogP contribution in [0.2, 0.25) is 0 Å². The number of likely N-dealkylation sites (tertiary alicyclic amines) is 1. The summed E-state index contributed by atoms with van der Waals surface area (Å²) in [7, 11) is -3.20. The summed E-state index contributed by atoms with van der Waals surface area (Å²) in [6.07, 6.45) is 2.09. The van der Waals surface area contributed by atoms with Crippen LogP contribution in [0.3, 0.4) is 0 Å². The highest BCUT2D eigenvalue weighted by atomic mass is 79.9. The van der Waals surface area contributed by atoms with Gasteiger partial charge in [0.2, 0.25) is 0 Å². The molecule has 6 heteroatoms. The van der Waals surface area contributed by atoms with Crippen LogP contribution in [-0.2, 0) is 9.84 Å². The second kappa shape index (κ2) is 6.35. The molecule has 1 atom stereocenters. The first-order valence-corrected chi connectivity index (χ1v) is 8.88. The van der Waals surface area contributed by atoms with E-state index in [9.17, 15) is 8.42 Å². The van der Waals surface area contributed by atoms with Gasteiger partial charge in [-0.2, -0.15) is 0 Å². The molecule has 1 aliphatic rings. The summed E-state index contributed by atoms with van der Waals surface area (Å²) in [5.41, 5.74) is 5.90. The Kier molecular flexibility index (Phi) is 5.00. The Bertz CT molecular complexity index is 516. The fourth-order valence-electron chi connectivity index (χ4n) is 2.30. The van der Waals surface area contributed by atoms with Gasteiger partial charge in [-0.1, -0.05) is 15.9 Å². The smallest absolute Gasteiger partial charge is 0.179 e. The molecule has 1 fully saturated rings. The lowest BCUT2D eigenvalue weighted by Gasteiger charge is -2.30. The molecule has 1 aromatic rings. The Balaban J connectivity index is 1.96. The second-order valence-corrected chi connectivity index (χ2v) is 8.00. The van der Waals surface area contributed by atoms with E-state index in [2.05, 4.69) is 20.8 Å². The summed E-state index contributed by atoms with van der Waals surface area (Å²) in [5.74, 6) is 0.154. The predicted octanol–water partition coefficient (Wildman–Crippen LogP) is 1.65. The van der Waals surface area contributed by atoms with E-state index in [0.717, 1.165) is 30.4 Å². The van der Waals surface area contributed by atoms with Crippen molar-refractivity contribution in [1.29, 1.82) is 0 Å². The zero-order valence-electron chi connectivity index (χ0n) is 10.8. The Labute approximate surface area is 123 Å². The maximum atomic E-state index is 12.2. The number of piperidine rings is 1. The van der Waals surface area contributed by atoms with Gasteiger partial charge in [0.1, 0.15) is 0 Å². The number of hydrogen-bond donors (Lipinski definition) is 1. The number of hydrogen-bond acceptors (Lipinski definition) is 4. The first-order chi connectivity index (χ1) is 8.97. The standard InChI is InChI=1S/C13H19BrN2O2S/c14-11-3-5-13(6-4-11)19(17,18)9-8-16-7-1-2-12(15)10-16/h3-6,12H,1-2,7-10,15H2. The molecule has 0 aliphatic carbocycles. The molecule has 1 aromatic carbocycles. The van der Waals surface area contributed by atoms with E-state index in [1.807, 2.05) is 0 Å². The van der Waals surface area contributed by atoms with Crippen molar-refractivity contribution in [3.63, 3.8) is 0 Å². The molecule has 19 heavy (non-hydrogen) atoms. The van der Waals surface area contributed by atoms with Gasteiger partial charge >= 0.3 is 0 Å². The molecule has 2 rings (SSSR count). The zero-order valence-corrected chi connectivity index (χ0v) is 13.2. The van der Waals surface area contributed by atoms with Gasteiger partial charge in [-0.25, -0.2) is 8.42 Å². The van der Waals surface area contributed by atoms with Crippen LogP contribution in [0.15, 0.2) is 33.6 Å². The van der Waals surface area contributed by atoms with Gasteiger partial charge in [-0.05, 0) is 43.7 Å². The summed E-state index contributed by atoms with van der Waals surface area (Å²) < 4.78 is 25.3. The van der Waals surface area contributed by atoms with Crippen molar-refractivity contribution in [2.45, 2.75) is 23.8 Å². The highest BCUT2D eigenvalue weighted by Crippen LogP contribution is 2.16. The minimum Gasteiger partial charge on any atom is -0.327 e. The molecule has 4 nitrogen and oxygen atoms in total.